The maximum atomic E-state index is 15.8. The van der Waals surface area contributed by atoms with Gasteiger partial charge in [0.25, 0.3) is 5.91 Å². The minimum atomic E-state index is -4.94. The molecule has 10 nitrogen and oxygen atoms in total. The van der Waals surface area contributed by atoms with Gasteiger partial charge < -0.3 is 24.6 Å². The summed E-state index contributed by atoms with van der Waals surface area (Å²) in [4.78, 5) is 46.5. The molecule has 3 atom stereocenters. The number of carbonyl (C=O) groups is 3. The highest BCUT2D eigenvalue weighted by atomic mass is 19.4. The average molecular weight is 622 g/mol. The number of anilines is 2. The first-order chi connectivity index (χ1) is 20.6. The number of rotatable bonds is 5. The summed E-state index contributed by atoms with van der Waals surface area (Å²) in [6.45, 7) is 7.80. The molecule has 1 aromatic carbocycles. The first kappa shape index (κ1) is 31.6. The maximum Gasteiger partial charge on any atom is 0.414 e. The number of dihydropyridines is 1. The van der Waals surface area contributed by atoms with Crippen molar-refractivity contribution in [2.75, 3.05) is 56.7 Å². The smallest absolute Gasteiger partial charge is 0.414 e. The molecule has 0 spiro atoms. The highest BCUT2D eigenvalue weighted by Crippen LogP contribution is 2.38. The lowest BCUT2D eigenvalue weighted by atomic mass is 9.95. The maximum absolute atomic E-state index is 15.8. The van der Waals surface area contributed by atoms with E-state index in [0.717, 1.165) is 0 Å². The van der Waals surface area contributed by atoms with Crippen molar-refractivity contribution in [3.8, 4) is 0 Å². The van der Waals surface area contributed by atoms with Gasteiger partial charge in [0.1, 0.15) is 11.7 Å². The van der Waals surface area contributed by atoms with E-state index in [2.05, 4.69) is 15.2 Å². The summed E-state index contributed by atoms with van der Waals surface area (Å²) in [6.07, 6.45) is -2.48. The quantitative estimate of drug-likeness (QED) is 0.496. The molecule has 0 aromatic heterocycles. The van der Waals surface area contributed by atoms with Gasteiger partial charge in [-0.05, 0) is 51.9 Å². The van der Waals surface area contributed by atoms with Crippen molar-refractivity contribution in [1.82, 2.24) is 9.80 Å². The Morgan fingerprint density at radius 1 is 1.16 bits per heavy atom. The van der Waals surface area contributed by atoms with Crippen LogP contribution in [0.1, 0.15) is 32.8 Å². The van der Waals surface area contributed by atoms with Gasteiger partial charge in [0.15, 0.2) is 5.60 Å². The highest BCUT2D eigenvalue weighted by molar-refractivity contribution is 6.11. The molecular weight excluding hydrogens is 586 g/mol. The van der Waals surface area contributed by atoms with Crippen LogP contribution in [-0.4, -0.2) is 104 Å². The normalized spacial score (nSPS) is 25.6. The first-order valence-electron chi connectivity index (χ1n) is 14.4. The Morgan fingerprint density at radius 2 is 1.84 bits per heavy atom. The molecule has 1 unspecified atom stereocenters. The molecule has 1 N–H and O–H groups in total. The van der Waals surface area contributed by atoms with Crippen LogP contribution in [0.15, 0.2) is 34.9 Å². The largest absolute Gasteiger partial charge is 0.438 e. The molecule has 4 aliphatic rings. The summed E-state index contributed by atoms with van der Waals surface area (Å²) >= 11 is 0. The van der Waals surface area contributed by atoms with Gasteiger partial charge in [-0.1, -0.05) is 6.08 Å². The number of nitrogens with zero attached hydrogens (tertiary/aromatic N) is 4. The highest BCUT2D eigenvalue weighted by Gasteiger charge is 2.43. The molecule has 0 saturated carbocycles. The second-order valence-corrected chi connectivity index (χ2v) is 12.0. The van der Waals surface area contributed by atoms with E-state index < -0.39 is 47.0 Å². The van der Waals surface area contributed by atoms with Crippen LogP contribution in [0.4, 0.5) is 33.7 Å². The van der Waals surface area contributed by atoms with Gasteiger partial charge in [-0.3, -0.25) is 14.5 Å². The zero-order chi connectivity index (χ0) is 32.0. The van der Waals surface area contributed by atoms with Crippen molar-refractivity contribution >= 4 is 41.1 Å². The Labute approximate surface area is 252 Å². The third-order valence-electron chi connectivity index (χ3n) is 8.58. The minimum absolute atomic E-state index is 0.0712. The number of piperazine rings is 1. The standard InChI is InChI=1S/C30H35F4N5O5/c1-17-13-39(14-18(2)37(17)4)25-11-23(31)20(19-5-7-38(8-6-19)28(42)44-29(3)15-43-16-29)9-24(25)36-27(41)21-12-35-26(40)10-22(21)30(32,33)34/h5,9-12,17-18,21H,6-8,13-16H2,1-4H3,(H,36,41)/t17-,18+,21?. The zero-order valence-electron chi connectivity index (χ0n) is 24.9. The summed E-state index contributed by atoms with van der Waals surface area (Å²) in [7, 11) is 1.97. The number of benzene rings is 1. The molecule has 0 radical (unpaired) electrons. The lowest BCUT2D eigenvalue weighted by molar-refractivity contribution is -0.171. The van der Waals surface area contributed by atoms with E-state index in [1.165, 1.54) is 17.0 Å². The van der Waals surface area contributed by atoms with E-state index in [-0.39, 0.29) is 42.8 Å². The fraction of sp³-hybridized carbons (Fsp3) is 0.533. The molecular formula is C30H35F4N5O5. The molecule has 5 rings (SSSR count). The summed E-state index contributed by atoms with van der Waals surface area (Å²) in [6, 6.07) is 2.85. The van der Waals surface area contributed by atoms with Gasteiger partial charge in [-0.2, -0.15) is 13.2 Å². The summed E-state index contributed by atoms with van der Waals surface area (Å²) in [5.41, 5.74) is -0.817. The van der Waals surface area contributed by atoms with Crippen molar-refractivity contribution in [3.63, 3.8) is 0 Å². The van der Waals surface area contributed by atoms with Crippen LogP contribution >= 0.6 is 0 Å². The Hall–Kier alpha value is -3.78. The van der Waals surface area contributed by atoms with E-state index in [1.54, 1.807) is 13.0 Å². The Morgan fingerprint density at radius 3 is 2.41 bits per heavy atom. The van der Waals surface area contributed by atoms with E-state index in [4.69, 9.17) is 9.47 Å². The lowest BCUT2D eigenvalue weighted by Crippen LogP contribution is -2.55. The number of carbonyl (C=O) groups excluding carboxylic acids is 3. The molecule has 14 heteroatoms. The number of aliphatic imine (C=N–C) groups is 1. The molecule has 238 valence electrons. The van der Waals surface area contributed by atoms with E-state index in [0.29, 0.717) is 49.9 Å². The van der Waals surface area contributed by atoms with Gasteiger partial charge >= 0.3 is 12.3 Å². The van der Waals surface area contributed by atoms with Gasteiger partial charge in [0.2, 0.25) is 5.91 Å². The first-order valence-corrected chi connectivity index (χ1v) is 14.4. The number of hydrogen-bond acceptors (Lipinski definition) is 7. The van der Waals surface area contributed by atoms with Crippen molar-refractivity contribution in [3.05, 3.63) is 41.2 Å². The zero-order valence-corrected chi connectivity index (χ0v) is 24.9. The van der Waals surface area contributed by atoms with E-state index in [9.17, 15) is 27.6 Å². The summed E-state index contributed by atoms with van der Waals surface area (Å²) < 4.78 is 67.7. The predicted octanol–water partition coefficient (Wildman–Crippen LogP) is 4.02. The van der Waals surface area contributed by atoms with Crippen LogP contribution < -0.4 is 10.2 Å². The van der Waals surface area contributed by atoms with Gasteiger partial charge in [0.05, 0.1) is 30.2 Å². The second-order valence-electron chi connectivity index (χ2n) is 12.0. The molecule has 2 saturated heterocycles. The molecule has 0 bridgehead atoms. The Kier molecular flexibility index (Phi) is 8.60. The van der Waals surface area contributed by atoms with Gasteiger partial charge in [-0.25, -0.2) is 14.2 Å². The topological polar surface area (TPSA) is 104 Å². The Balaban J connectivity index is 1.45. The second kappa shape index (κ2) is 12.0. The number of alkyl halides is 3. The van der Waals surface area contributed by atoms with Gasteiger partial charge in [0, 0.05) is 56.1 Å². The van der Waals surface area contributed by atoms with Crippen LogP contribution in [0.5, 0.6) is 0 Å². The molecule has 4 heterocycles. The number of nitrogens with one attached hydrogen (secondary N) is 1. The minimum Gasteiger partial charge on any atom is -0.438 e. The monoisotopic (exact) mass is 621 g/mol. The van der Waals surface area contributed by atoms with Crippen molar-refractivity contribution < 1.29 is 41.4 Å². The predicted molar refractivity (Wildman–Crippen MR) is 155 cm³/mol. The number of hydrogen-bond donors (Lipinski definition) is 1. The van der Waals surface area contributed by atoms with Crippen LogP contribution in [0, 0.1) is 11.7 Å². The number of ether oxygens (including phenoxy) is 2. The SMILES string of the molecule is C[C@@H]1CN(c2cc(F)c(C3=CCN(C(=O)OC4(C)COC4)CC3)cc2NC(=O)C2C=NC(=O)C=C2C(F)(F)F)C[C@H](C)N1C. The number of likely N-dealkylation sites (N-methyl/N-ethyl adjacent to an activating group) is 1. The van der Waals surface area contributed by atoms with E-state index in [1.807, 2.05) is 25.8 Å². The van der Waals surface area contributed by atoms with E-state index >= 15 is 4.39 Å². The molecule has 0 aliphatic carbocycles. The third-order valence-corrected chi connectivity index (χ3v) is 8.58. The van der Waals surface area contributed by atoms with Gasteiger partial charge in [-0.15, -0.1) is 0 Å². The molecule has 1 aromatic rings. The van der Waals surface area contributed by atoms with Crippen LogP contribution in [0.3, 0.4) is 0 Å². The molecule has 2 fully saturated rings. The third kappa shape index (κ3) is 6.50. The summed E-state index contributed by atoms with van der Waals surface area (Å²) in [5.74, 6) is -4.60. The van der Waals surface area contributed by atoms with Crippen molar-refractivity contribution in [2.24, 2.45) is 10.9 Å². The lowest BCUT2D eigenvalue weighted by Gasteiger charge is -2.44. The average Bonchev–Trinajstić information content (AvgIpc) is 2.95. The van der Waals surface area contributed by atoms with Crippen LogP contribution in [-0.2, 0) is 19.1 Å². The Bertz CT molecular complexity index is 1430. The number of halogens is 4. The molecule has 44 heavy (non-hydrogen) atoms. The fourth-order valence-electron chi connectivity index (χ4n) is 5.74. The molecule has 4 aliphatic heterocycles. The molecule has 3 amide bonds. The van der Waals surface area contributed by atoms with Crippen molar-refractivity contribution in [1.29, 1.82) is 0 Å². The van der Waals surface area contributed by atoms with Crippen LogP contribution in [0.25, 0.3) is 5.57 Å². The number of amides is 3. The van der Waals surface area contributed by atoms with Crippen LogP contribution in [0.2, 0.25) is 0 Å². The summed E-state index contributed by atoms with van der Waals surface area (Å²) in [5, 5.41) is 2.58. The fourth-order valence-corrected chi connectivity index (χ4v) is 5.74. The van der Waals surface area contributed by atoms with Crippen molar-refractivity contribution in [2.45, 2.75) is 51.1 Å².